The van der Waals surface area contributed by atoms with Crippen molar-refractivity contribution in [2.45, 2.75) is 25.7 Å². The molecule has 2 saturated heterocycles. The van der Waals surface area contributed by atoms with Gasteiger partial charge >= 0.3 is 0 Å². The van der Waals surface area contributed by atoms with Crippen LogP contribution in [0.25, 0.3) is 10.9 Å². The number of carbonyl (C=O) groups excluding carboxylic acids is 2. The molecule has 0 spiro atoms. The highest BCUT2D eigenvalue weighted by molar-refractivity contribution is 5.98. The summed E-state index contributed by atoms with van der Waals surface area (Å²) in [6.07, 6.45) is 4.01. The molecule has 0 saturated carbocycles. The summed E-state index contributed by atoms with van der Waals surface area (Å²) >= 11 is 0. The molecule has 0 aliphatic carbocycles. The van der Waals surface area contributed by atoms with Crippen LogP contribution in [0.5, 0.6) is 0 Å². The van der Waals surface area contributed by atoms with Crippen molar-refractivity contribution in [3.05, 3.63) is 36.0 Å². The lowest BCUT2D eigenvalue weighted by atomic mass is 9.96. The predicted molar refractivity (Wildman–Crippen MR) is 92.7 cm³/mol. The molecule has 5 heteroatoms. The maximum atomic E-state index is 12.8. The van der Waals surface area contributed by atoms with Crippen molar-refractivity contribution in [2.24, 2.45) is 5.92 Å². The van der Waals surface area contributed by atoms with Crippen LogP contribution in [0.1, 0.15) is 36.2 Å². The molecule has 2 aliphatic heterocycles. The number of likely N-dealkylation sites (tertiary alicyclic amines) is 2. The Labute approximate surface area is 141 Å². The fraction of sp³-hybridized carbons (Fsp3) is 0.474. The Morgan fingerprint density at radius 3 is 2.54 bits per heavy atom. The molecule has 5 nitrogen and oxygen atoms in total. The average molecular weight is 325 g/mol. The number of para-hydroxylation sites is 1. The normalized spacial score (nSPS) is 21.4. The van der Waals surface area contributed by atoms with Crippen LogP contribution in [0.3, 0.4) is 0 Å². The SMILES string of the molecule is O=C(c1cc2ccccc2[nH]1)N1CCC[C@@H](C(=O)N2CCCC2)C1. The van der Waals surface area contributed by atoms with Crippen molar-refractivity contribution < 1.29 is 9.59 Å². The van der Waals surface area contributed by atoms with Crippen LogP contribution < -0.4 is 0 Å². The van der Waals surface area contributed by atoms with E-state index < -0.39 is 0 Å². The van der Waals surface area contributed by atoms with Crippen molar-refractivity contribution in [1.82, 2.24) is 14.8 Å². The maximum Gasteiger partial charge on any atom is 0.270 e. The number of piperidine rings is 1. The molecule has 126 valence electrons. The Morgan fingerprint density at radius 1 is 1.00 bits per heavy atom. The molecule has 2 aromatic rings. The Bertz CT molecular complexity index is 728. The van der Waals surface area contributed by atoms with Crippen LogP contribution in [0.2, 0.25) is 0 Å². The van der Waals surface area contributed by atoms with Crippen LogP contribution in [0.15, 0.2) is 30.3 Å². The second-order valence-corrected chi connectivity index (χ2v) is 6.89. The third-order valence-corrected chi connectivity index (χ3v) is 5.24. The minimum Gasteiger partial charge on any atom is -0.351 e. The van der Waals surface area contributed by atoms with E-state index in [4.69, 9.17) is 0 Å². The van der Waals surface area contributed by atoms with Crippen LogP contribution in [-0.2, 0) is 4.79 Å². The minimum atomic E-state index is -0.0369. The van der Waals surface area contributed by atoms with Crippen molar-refractivity contribution in [1.29, 1.82) is 0 Å². The number of carbonyl (C=O) groups is 2. The quantitative estimate of drug-likeness (QED) is 0.923. The first-order chi connectivity index (χ1) is 11.7. The van der Waals surface area contributed by atoms with E-state index in [-0.39, 0.29) is 17.7 Å². The highest BCUT2D eigenvalue weighted by atomic mass is 16.2. The first kappa shape index (κ1) is 15.2. The molecule has 3 heterocycles. The molecule has 4 rings (SSSR count). The first-order valence-corrected chi connectivity index (χ1v) is 8.88. The number of benzene rings is 1. The number of hydrogen-bond acceptors (Lipinski definition) is 2. The van der Waals surface area contributed by atoms with Gasteiger partial charge in [-0.3, -0.25) is 9.59 Å². The molecular weight excluding hydrogens is 302 g/mol. The molecule has 24 heavy (non-hydrogen) atoms. The minimum absolute atomic E-state index is 0.00474. The summed E-state index contributed by atoms with van der Waals surface area (Å²) in [4.78, 5) is 32.5. The Kier molecular flexibility index (Phi) is 4.00. The van der Waals surface area contributed by atoms with Gasteiger partial charge in [-0.2, -0.15) is 0 Å². The van der Waals surface area contributed by atoms with Gasteiger partial charge in [-0.1, -0.05) is 18.2 Å². The van der Waals surface area contributed by atoms with E-state index in [9.17, 15) is 9.59 Å². The molecule has 2 fully saturated rings. The monoisotopic (exact) mass is 325 g/mol. The van der Waals surface area contributed by atoms with Gasteiger partial charge in [0, 0.05) is 37.1 Å². The van der Waals surface area contributed by atoms with Gasteiger partial charge in [0.25, 0.3) is 5.91 Å². The van der Waals surface area contributed by atoms with Gasteiger partial charge < -0.3 is 14.8 Å². The molecular formula is C19H23N3O2. The number of H-pyrrole nitrogens is 1. The van der Waals surface area contributed by atoms with Gasteiger partial charge in [-0.25, -0.2) is 0 Å². The smallest absolute Gasteiger partial charge is 0.270 e. The number of aromatic nitrogens is 1. The van der Waals surface area contributed by atoms with Crippen molar-refractivity contribution in [3.8, 4) is 0 Å². The average Bonchev–Trinajstić information content (AvgIpc) is 3.30. The van der Waals surface area contributed by atoms with Crippen LogP contribution in [0, 0.1) is 5.92 Å². The zero-order valence-electron chi connectivity index (χ0n) is 13.8. The molecule has 0 bridgehead atoms. The first-order valence-electron chi connectivity index (χ1n) is 8.88. The van der Waals surface area contributed by atoms with E-state index in [2.05, 4.69) is 4.98 Å². The summed E-state index contributed by atoms with van der Waals surface area (Å²) in [6, 6.07) is 9.80. The van der Waals surface area contributed by atoms with Crippen molar-refractivity contribution in [3.63, 3.8) is 0 Å². The van der Waals surface area contributed by atoms with E-state index in [0.29, 0.717) is 12.2 Å². The third-order valence-electron chi connectivity index (χ3n) is 5.24. The van der Waals surface area contributed by atoms with Crippen LogP contribution in [0.4, 0.5) is 0 Å². The van der Waals surface area contributed by atoms with Crippen molar-refractivity contribution in [2.75, 3.05) is 26.2 Å². The number of amides is 2. The Balaban J connectivity index is 1.48. The summed E-state index contributed by atoms with van der Waals surface area (Å²) in [5.74, 6) is 0.206. The fourth-order valence-corrected chi connectivity index (χ4v) is 3.92. The summed E-state index contributed by atoms with van der Waals surface area (Å²) in [5, 5.41) is 1.04. The zero-order valence-corrected chi connectivity index (χ0v) is 13.8. The zero-order chi connectivity index (χ0) is 16.5. The summed E-state index contributed by atoms with van der Waals surface area (Å²) in [5.41, 5.74) is 1.59. The number of fused-ring (bicyclic) bond motifs is 1. The third kappa shape index (κ3) is 2.79. The van der Waals surface area contributed by atoms with Gasteiger partial charge in [-0.05, 0) is 37.8 Å². The Morgan fingerprint density at radius 2 is 1.75 bits per heavy atom. The lowest BCUT2D eigenvalue weighted by Crippen LogP contribution is -2.46. The fourth-order valence-electron chi connectivity index (χ4n) is 3.92. The van der Waals surface area contributed by atoms with Gasteiger partial charge in [0.2, 0.25) is 5.91 Å². The molecule has 1 atom stereocenters. The van der Waals surface area contributed by atoms with E-state index >= 15 is 0 Å². The lowest BCUT2D eigenvalue weighted by Gasteiger charge is -2.33. The largest absolute Gasteiger partial charge is 0.351 e. The number of rotatable bonds is 2. The maximum absolute atomic E-state index is 12.8. The van der Waals surface area contributed by atoms with Gasteiger partial charge in [0.15, 0.2) is 0 Å². The molecule has 2 amide bonds. The second kappa shape index (κ2) is 6.30. The summed E-state index contributed by atoms with van der Waals surface area (Å²) < 4.78 is 0. The molecule has 1 aromatic heterocycles. The van der Waals surface area contributed by atoms with E-state index in [0.717, 1.165) is 56.2 Å². The van der Waals surface area contributed by atoms with Crippen LogP contribution in [-0.4, -0.2) is 52.8 Å². The Hall–Kier alpha value is -2.30. The van der Waals surface area contributed by atoms with Crippen molar-refractivity contribution >= 4 is 22.7 Å². The second-order valence-electron chi connectivity index (χ2n) is 6.89. The summed E-state index contributed by atoms with van der Waals surface area (Å²) in [6.45, 7) is 3.04. The number of hydrogen-bond donors (Lipinski definition) is 1. The summed E-state index contributed by atoms with van der Waals surface area (Å²) in [7, 11) is 0. The van der Waals surface area contributed by atoms with Gasteiger partial charge in [0.1, 0.15) is 5.69 Å². The number of nitrogens with one attached hydrogen (secondary N) is 1. The number of nitrogens with zero attached hydrogens (tertiary/aromatic N) is 2. The standard InChI is InChI=1S/C19H23N3O2/c23-18(21-9-3-4-10-21)15-7-5-11-22(13-15)19(24)17-12-14-6-1-2-8-16(14)20-17/h1-2,6,8,12,15,20H,3-5,7,9-11,13H2/t15-/m1/s1. The molecule has 1 N–H and O–H groups in total. The van der Waals surface area contributed by atoms with E-state index in [1.54, 1.807) is 0 Å². The molecule has 2 aliphatic rings. The molecule has 0 unspecified atom stereocenters. The molecule has 1 aromatic carbocycles. The van der Waals surface area contributed by atoms with Gasteiger partial charge in [0.05, 0.1) is 5.92 Å². The number of aromatic amines is 1. The lowest BCUT2D eigenvalue weighted by molar-refractivity contribution is -0.135. The van der Waals surface area contributed by atoms with Crippen LogP contribution >= 0.6 is 0 Å². The van der Waals surface area contributed by atoms with E-state index in [1.807, 2.05) is 40.1 Å². The highest BCUT2D eigenvalue weighted by Crippen LogP contribution is 2.23. The van der Waals surface area contributed by atoms with Gasteiger partial charge in [-0.15, -0.1) is 0 Å². The highest BCUT2D eigenvalue weighted by Gasteiger charge is 2.32. The van der Waals surface area contributed by atoms with E-state index in [1.165, 1.54) is 0 Å². The predicted octanol–water partition coefficient (Wildman–Crippen LogP) is 2.64. The molecule has 0 radical (unpaired) electrons. The topological polar surface area (TPSA) is 56.4 Å².